The molecule has 0 aliphatic heterocycles. The zero-order valence-electron chi connectivity index (χ0n) is 13.7. The van der Waals surface area contributed by atoms with E-state index in [-0.39, 0.29) is 13.2 Å². The number of alkyl carbamates (subject to hydrolysis) is 1. The van der Waals surface area contributed by atoms with Gasteiger partial charge in [-0.25, -0.2) is 9.59 Å². The Kier molecular flexibility index (Phi) is 6.99. The fourth-order valence-corrected chi connectivity index (χ4v) is 2.57. The lowest BCUT2D eigenvalue weighted by atomic mass is 10.1. The molecular formula is C15H23NO6S. The van der Waals surface area contributed by atoms with Gasteiger partial charge in [-0.3, -0.25) is 0 Å². The summed E-state index contributed by atoms with van der Waals surface area (Å²) in [4.78, 5) is 23.8. The molecule has 2 atom stereocenters. The number of rotatable bonds is 6. The van der Waals surface area contributed by atoms with Crippen molar-refractivity contribution in [1.82, 2.24) is 5.32 Å². The van der Waals surface area contributed by atoms with Gasteiger partial charge in [0.05, 0.1) is 6.61 Å². The van der Waals surface area contributed by atoms with Crippen molar-refractivity contribution < 1.29 is 29.3 Å². The van der Waals surface area contributed by atoms with Gasteiger partial charge in [-0.1, -0.05) is 0 Å². The topological polar surface area (TPSA) is 105 Å². The minimum Gasteiger partial charge on any atom is -0.462 e. The Morgan fingerprint density at radius 1 is 1.30 bits per heavy atom. The zero-order valence-corrected chi connectivity index (χ0v) is 14.5. The van der Waals surface area contributed by atoms with Crippen LogP contribution in [0.3, 0.4) is 0 Å². The number of nitrogens with one attached hydrogen (secondary N) is 1. The van der Waals surface area contributed by atoms with E-state index in [0.717, 1.165) is 11.3 Å². The number of amides is 1. The highest BCUT2D eigenvalue weighted by Gasteiger charge is 2.23. The van der Waals surface area contributed by atoms with Crippen molar-refractivity contribution in [1.29, 1.82) is 0 Å². The first-order valence-electron chi connectivity index (χ1n) is 7.24. The summed E-state index contributed by atoms with van der Waals surface area (Å²) < 4.78 is 9.90. The van der Waals surface area contributed by atoms with E-state index in [2.05, 4.69) is 5.32 Å². The summed E-state index contributed by atoms with van der Waals surface area (Å²) in [6, 6.07) is 3.06. The van der Waals surface area contributed by atoms with Gasteiger partial charge in [0, 0.05) is 11.4 Å². The molecule has 0 saturated carbocycles. The number of aliphatic hydroxyl groups is 2. The SMILES string of the molecule is CCOC(=O)c1ccc(C(O)C(O)CNC(=O)OC(C)(C)C)s1. The number of hydrogen-bond acceptors (Lipinski definition) is 7. The van der Waals surface area contributed by atoms with Gasteiger partial charge < -0.3 is 25.0 Å². The quantitative estimate of drug-likeness (QED) is 0.680. The molecular weight excluding hydrogens is 322 g/mol. The molecule has 0 aromatic carbocycles. The summed E-state index contributed by atoms with van der Waals surface area (Å²) in [6.45, 7) is 6.95. The van der Waals surface area contributed by atoms with E-state index >= 15 is 0 Å². The van der Waals surface area contributed by atoms with E-state index in [4.69, 9.17) is 9.47 Å². The molecule has 130 valence electrons. The highest BCUT2D eigenvalue weighted by molar-refractivity contribution is 7.14. The van der Waals surface area contributed by atoms with Crippen LogP contribution in [0.1, 0.15) is 48.3 Å². The second-order valence-electron chi connectivity index (χ2n) is 5.82. The standard InChI is InChI=1S/C15H23NO6S/c1-5-21-13(19)11-7-6-10(23-11)12(18)9(17)8-16-14(20)22-15(2,3)4/h6-7,9,12,17-18H,5,8H2,1-4H3,(H,16,20). The van der Waals surface area contributed by atoms with Crippen LogP contribution >= 0.6 is 11.3 Å². The van der Waals surface area contributed by atoms with E-state index in [1.54, 1.807) is 27.7 Å². The number of carbonyl (C=O) groups excluding carboxylic acids is 2. The maximum atomic E-state index is 11.6. The summed E-state index contributed by atoms with van der Waals surface area (Å²) >= 11 is 1.03. The van der Waals surface area contributed by atoms with E-state index in [1.807, 2.05) is 0 Å². The lowest BCUT2D eigenvalue weighted by molar-refractivity contribution is 0.0146. The molecule has 0 aliphatic carbocycles. The molecule has 0 saturated heterocycles. The Balaban J connectivity index is 2.55. The fourth-order valence-electron chi connectivity index (χ4n) is 1.63. The molecule has 0 radical (unpaired) electrons. The lowest BCUT2D eigenvalue weighted by Crippen LogP contribution is -2.38. The van der Waals surface area contributed by atoms with E-state index < -0.39 is 29.9 Å². The minimum absolute atomic E-state index is 0.178. The van der Waals surface area contributed by atoms with Crippen LogP contribution in [0.5, 0.6) is 0 Å². The van der Waals surface area contributed by atoms with Gasteiger partial charge in [0.15, 0.2) is 0 Å². The van der Waals surface area contributed by atoms with Gasteiger partial charge in [-0.2, -0.15) is 0 Å². The van der Waals surface area contributed by atoms with Gasteiger partial charge in [0.25, 0.3) is 0 Å². The van der Waals surface area contributed by atoms with E-state index in [0.29, 0.717) is 9.75 Å². The molecule has 0 bridgehead atoms. The monoisotopic (exact) mass is 345 g/mol. The third-order valence-corrected chi connectivity index (χ3v) is 3.75. The van der Waals surface area contributed by atoms with Crippen LogP contribution in [0.15, 0.2) is 12.1 Å². The van der Waals surface area contributed by atoms with E-state index in [1.165, 1.54) is 12.1 Å². The molecule has 8 heteroatoms. The first-order chi connectivity index (χ1) is 10.6. The number of carbonyl (C=O) groups is 2. The Morgan fingerprint density at radius 3 is 2.52 bits per heavy atom. The number of thiophene rings is 1. The van der Waals surface area contributed by atoms with Crippen LogP contribution in [0.2, 0.25) is 0 Å². The Hall–Kier alpha value is -1.64. The Morgan fingerprint density at radius 2 is 1.96 bits per heavy atom. The average Bonchev–Trinajstić information content (AvgIpc) is 2.92. The van der Waals surface area contributed by atoms with Crippen molar-refractivity contribution in [2.24, 2.45) is 0 Å². The van der Waals surface area contributed by atoms with Crippen molar-refractivity contribution in [3.63, 3.8) is 0 Å². The molecule has 1 heterocycles. The second-order valence-corrected chi connectivity index (χ2v) is 6.93. The van der Waals surface area contributed by atoms with Crippen molar-refractivity contribution in [2.45, 2.75) is 45.5 Å². The van der Waals surface area contributed by atoms with Crippen LogP contribution in [0.4, 0.5) is 4.79 Å². The number of esters is 1. The van der Waals surface area contributed by atoms with Crippen LogP contribution < -0.4 is 5.32 Å². The molecule has 1 rings (SSSR count). The van der Waals surface area contributed by atoms with Crippen LogP contribution in [0.25, 0.3) is 0 Å². The van der Waals surface area contributed by atoms with Crippen molar-refractivity contribution in [3.8, 4) is 0 Å². The van der Waals surface area contributed by atoms with Crippen molar-refractivity contribution in [3.05, 3.63) is 21.9 Å². The van der Waals surface area contributed by atoms with Gasteiger partial charge >= 0.3 is 12.1 Å². The molecule has 2 unspecified atom stereocenters. The molecule has 23 heavy (non-hydrogen) atoms. The maximum Gasteiger partial charge on any atom is 0.407 e. The summed E-state index contributed by atoms with van der Waals surface area (Å²) in [7, 11) is 0. The molecule has 3 N–H and O–H groups in total. The molecule has 1 aromatic rings. The van der Waals surface area contributed by atoms with Crippen molar-refractivity contribution >= 4 is 23.4 Å². The summed E-state index contributed by atoms with van der Waals surface area (Å²) in [6.07, 6.45) is -3.13. The second kappa shape index (κ2) is 8.28. The number of aliphatic hydroxyl groups excluding tert-OH is 2. The highest BCUT2D eigenvalue weighted by Crippen LogP contribution is 2.26. The molecule has 0 aliphatic rings. The van der Waals surface area contributed by atoms with Crippen LogP contribution in [-0.4, -0.2) is 47.1 Å². The third kappa shape index (κ3) is 6.55. The lowest BCUT2D eigenvalue weighted by Gasteiger charge is -2.21. The zero-order chi connectivity index (χ0) is 17.6. The molecule has 7 nitrogen and oxygen atoms in total. The maximum absolute atomic E-state index is 11.6. The summed E-state index contributed by atoms with van der Waals surface area (Å²) in [5.74, 6) is -0.475. The van der Waals surface area contributed by atoms with Crippen LogP contribution in [-0.2, 0) is 9.47 Å². The molecule has 0 spiro atoms. The van der Waals surface area contributed by atoms with Gasteiger partial charge in [-0.05, 0) is 39.8 Å². The van der Waals surface area contributed by atoms with Gasteiger partial charge in [-0.15, -0.1) is 11.3 Å². The molecule has 0 fully saturated rings. The summed E-state index contributed by atoms with van der Waals surface area (Å²) in [5, 5.41) is 22.4. The molecule has 1 amide bonds. The first-order valence-corrected chi connectivity index (χ1v) is 8.05. The summed E-state index contributed by atoms with van der Waals surface area (Å²) in [5.41, 5.74) is -0.643. The predicted octanol–water partition coefficient (Wildman–Crippen LogP) is 1.84. The fraction of sp³-hybridized carbons (Fsp3) is 0.600. The highest BCUT2D eigenvalue weighted by atomic mass is 32.1. The molecule has 1 aromatic heterocycles. The normalized spacial score (nSPS) is 14.0. The number of hydrogen-bond donors (Lipinski definition) is 3. The number of ether oxygens (including phenoxy) is 2. The van der Waals surface area contributed by atoms with Crippen molar-refractivity contribution in [2.75, 3.05) is 13.2 Å². The smallest absolute Gasteiger partial charge is 0.407 e. The van der Waals surface area contributed by atoms with Gasteiger partial charge in [0.2, 0.25) is 0 Å². The largest absolute Gasteiger partial charge is 0.462 e. The minimum atomic E-state index is -1.23. The predicted molar refractivity (Wildman–Crippen MR) is 85.5 cm³/mol. The van der Waals surface area contributed by atoms with Gasteiger partial charge in [0.1, 0.15) is 22.7 Å². The van der Waals surface area contributed by atoms with E-state index in [9.17, 15) is 19.8 Å². The third-order valence-electron chi connectivity index (χ3n) is 2.61. The first kappa shape index (κ1) is 19.4. The Labute approximate surface area is 139 Å². The average molecular weight is 345 g/mol. The Bertz CT molecular complexity index is 536. The van der Waals surface area contributed by atoms with Crippen LogP contribution in [0, 0.1) is 0 Å².